The maximum absolute atomic E-state index is 11.9. The first kappa shape index (κ1) is 13.5. The van der Waals surface area contributed by atoms with Crippen molar-refractivity contribution in [2.75, 3.05) is 38.3 Å². The third-order valence-corrected chi connectivity index (χ3v) is 3.08. The topological polar surface area (TPSA) is 55.8 Å². The molecule has 2 rings (SSSR count). The van der Waals surface area contributed by atoms with Gasteiger partial charge in [0.2, 0.25) is 0 Å². The molecule has 0 radical (unpaired) electrons. The monoisotopic (exact) mass is 263 g/mol. The number of ether oxygens (including phenoxy) is 2. The lowest BCUT2D eigenvalue weighted by Gasteiger charge is -2.29. The van der Waals surface area contributed by atoms with Crippen LogP contribution in [0, 0.1) is 0 Å². The third-order valence-electron chi connectivity index (χ3n) is 3.08. The fourth-order valence-electron chi connectivity index (χ4n) is 2.00. The Hall–Kier alpha value is -1.88. The summed E-state index contributed by atoms with van der Waals surface area (Å²) in [5.74, 6) is -0.733. The molecule has 0 aromatic heterocycles. The van der Waals surface area contributed by atoms with E-state index in [0.29, 0.717) is 18.8 Å². The lowest BCUT2D eigenvalue weighted by molar-refractivity contribution is -0.139. The summed E-state index contributed by atoms with van der Waals surface area (Å²) in [6, 6.07) is 7.32. The SMILES string of the molecule is COC(=O)CC(=O)c1cccc(N2CCOCC2)c1. The van der Waals surface area contributed by atoms with Gasteiger partial charge in [0.1, 0.15) is 6.42 Å². The lowest BCUT2D eigenvalue weighted by atomic mass is 10.1. The van der Waals surface area contributed by atoms with Crippen LogP contribution in [-0.4, -0.2) is 45.2 Å². The van der Waals surface area contributed by atoms with Gasteiger partial charge in [-0.2, -0.15) is 0 Å². The molecule has 1 aromatic rings. The summed E-state index contributed by atoms with van der Waals surface area (Å²) < 4.78 is 9.80. The zero-order chi connectivity index (χ0) is 13.7. The molecule has 102 valence electrons. The van der Waals surface area contributed by atoms with E-state index in [1.807, 2.05) is 18.2 Å². The van der Waals surface area contributed by atoms with Crippen molar-refractivity contribution in [1.29, 1.82) is 0 Å². The first-order valence-corrected chi connectivity index (χ1v) is 6.23. The summed E-state index contributed by atoms with van der Waals surface area (Å²) in [6.07, 6.45) is -0.219. The quantitative estimate of drug-likeness (QED) is 0.465. The van der Waals surface area contributed by atoms with E-state index in [0.717, 1.165) is 18.8 Å². The number of nitrogens with zero attached hydrogens (tertiary/aromatic N) is 1. The highest BCUT2D eigenvalue weighted by atomic mass is 16.5. The second kappa shape index (κ2) is 6.33. The average Bonchev–Trinajstić information content (AvgIpc) is 2.48. The van der Waals surface area contributed by atoms with Crippen LogP contribution >= 0.6 is 0 Å². The standard InChI is InChI=1S/C14H17NO4/c1-18-14(17)10-13(16)11-3-2-4-12(9-11)15-5-7-19-8-6-15/h2-4,9H,5-8,10H2,1H3. The first-order valence-electron chi connectivity index (χ1n) is 6.23. The van der Waals surface area contributed by atoms with E-state index >= 15 is 0 Å². The molecule has 0 amide bonds. The molecule has 1 aromatic carbocycles. The second-order valence-corrected chi connectivity index (χ2v) is 4.33. The predicted octanol–water partition coefficient (Wildman–Crippen LogP) is 1.27. The summed E-state index contributed by atoms with van der Waals surface area (Å²) in [5.41, 5.74) is 1.52. The minimum absolute atomic E-state index is 0.219. The van der Waals surface area contributed by atoms with Crippen molar-refractivity contribution in [3.05, 3.63) is 29.8 Å². The highest BCUT2D eigenvalue weighted by molar-refractivity contribution is 6.06. The number of benzene rings is 1. The molecule has 1 heterocycles. The zero-order valence-electron chi connectivity index (χ0n) is 10.9. The molecule has 0 unspecified atom stereocenters. The Morgan fingerprint density at radius 2 is 2.05 bits per heavy atom. The number of anilines is 1. The van der Waals surface area contributed by atoms with Crippen molar-refractivity contribution in [3.8, 4) is 0 Å². The van der Waals surface area contributed by atoms with Crippen LogP contribution in [0.3, 0.4) is 0 Å². The van der Waals surface area contributed by atoms with Gasteiger partial charge < -0.3 is 14.4 Å². The predicted molar refractivity (Wildman–Crippen MR) is 70.4 cm³/mol. The molecule has 0 atom stereocenters. The fraction of sp³-hybridized carbons (Fsp3) is 0.429. The zero-order valence-corrected chi connectivity index (χ0v) is 10.9. The van der Waals surface area contributed by atoms with E-state index in [4.69, 9.17) is 4.74 Å². The van der Waals surface area contributed by atoms with Crippen molar-refractivity contribution < 1.29 is 19.1 Å². The van der Waals surface area contributed by atoms with E-state index in [2.05, 4.69) is 9.64 Å². The molecule has 1 fully saturated rings. The summed E-state index contributed by atoms with van der Waals surface area (Å²) in [5, 5.41) is 0. The summed E-state index contributed by atoms with van der Waals surface area (Å²) >= 11 is 0. The normalized spacial score (nSPS) is 15.1. The number of hydrogen-bond acceptors (Lipinski definition) is 5. The largest absolute Gasteiger partial charge is 0.469 e. The number of esters is 1. The molecule has 0 aliphatic carbocycles. The van der Waals surface area contributed by atoms with Gasteiger partial charge in [0.15, 0.2) is 5.78 Å². The number of ketones is 1. The van der Waals surface area contributed by atoms with Crippen LogP contribution in [0.2, 0.25) is 0 Å². The first-order chi connectivity index (χ1) is 9.20. The molecular weight excluding hydrogens is 246 g/mol. The number of carbonyl (C=O) groups is 2. The Labute approximate surface area is 112 Å². The van der Waals surface area contributed by atoms with Crippen LogP contribution in [-0.2, 0) is 14.3 Å². The van der Waals surface area contributed by atoms with E-state index in [1.54, 1.807) is 6.07 Å². The average molecular weight is 263 g/mol. The van der Waals surface area contributed by atoms with Crippen molar-refractivity contribution in [3.63, 3.8) is 0 Å². The highest BCUT2D eigenvalue weighted by Crippen LogP contribution is 2.18. The van der Waals surface area contributed by atoms with Crippen molar-refractivity contribution in [2.45, 2.75) is 6.42 Å². The number of methoxy groups -OCH3 is 1. The Morgan fingerprint density at radius 1 is 1.32 bits per heavy atom. The minimum Gasteiger partial charge on any atom is -0.469 e. The van der Waals surface area contributed by atoms with Crippen molar-refractivity contribution >= 4 is 17.4 Å². The van der Waals surface area contributed by atoms with Crippen LogP contribution in [0.25, 0.3) is 0 Å². The van der Waals surface area contributed by atoms with Crippen molar-refractivity contribution in [2.24, 2.45) is 0 Å². The van der Waals surface area contributed by atoms with E-state index in [1.165, 1.54) is 7.11 Å². The van der Waals surface area contributed by atoms with E-state index < -0.39 is 5.97 Å². The number of morpholine rings is 1. The van der Waals surface area contributed by atoms with Gasteiger partial charge in [-0.1, -0.05) is 12.1 Å². The molecule has 1 aliphatic rings. The molecule has 0 bridgehead atoms. The van der Waals surface area contributed by atoms with Crippen LogP contribution < -0.4 is 4.90 Å². The number of hydrogen-bond donors (Lipinski definition) is 0. The van der Waals surface area contributed by atoms with Crippen LogP contribution in [0.5, 0.6) is 0 Å². The highest BCUT2D eigenvalue weighted by Gasteiger charge is 2.15. The Balaban J connectivity index is 2.09. The van der Waals surface area contributed by atoms with Gasteiger partial charge in [-0.05, 0) is 12.1 Å². The van der Waals surface area contributed by atoms with Gasteiger partial charge in [0.05, 0.1) is 20.3 Å². The number of carbonyl (C=O) groups excluding carboxylic acids is 2. The van der Waals surface area contributed by atoms with Gasteiger partial charge in [0, 0.05) is 24.3 Å². The third kappa shape index (κ3) is 3.54. The maximum atomic E-state index is 11.9. The summed E-state index contributed by atoms with van der Waals surface area (Å²) in [4.78, 5) is 25.2. The molecule has 0 saturated carbocycles. The Bertz CT molecular complexity index is 466. The molecule has 1 saturated heterocycles. The van der Waals surface area contributed by atoms with Gasteiger partial charge in [-0.3, -0.25) is 9.59 Å². The molecule has 0 N–H and O–H groups in total. The summed E-state index contributed by atoms with van der Waals surface area (Å²) in [6.45, 7) is 3.02. The summed E-state index contributed by atoms with van der Waals surface area (Å²) in [7, 11) is 1.28. The van der Waals surface area contributed by atoms with Gasteiger partial charge in [0.25, 0.3) is 0 Å². The number of Topliss-reactive ketones (excluding diaryl/α,β-unsaturated/α-hetero) is 1. The van der Waals surface area contributed by atoms with Gasteiger partial charge >= 0.3 is 5.97 Å². The van der Waals surface area contributed by atoms with Crippen molar-refractivity contribution in [1.82, 2.24) is 0 Å². The fourth-order valence-corrected chi connectivity index (χ4v) is 2.00. The molecule has 1 aliphatic heterocycles. The Morgan fingerprint density at radius 3 is 2.74 bits per heavy atom. The second-order valence-electron chi connectivity index (χ2n) is 4.33. The van der Waals surface area contributed by atoms with E-state index in [9.17, 15) is 9.59 Å². The lowest BCUT2D eigenvalue weighted by Crippen LogP contribution is -2.36. The molecule has 5 nitrogen and oxygen atoms in total. The number of rotatable bonds is 4. The minimum atomic E-state index is -0.512. The van der Waals surface area contributed by atoms with Gasteiger partial charge in [-0.15, -0.1) is 0 Å². The molecular formula is C14H17NO4. The maximum Gasteiger partial charge on any atom is 0.313 e. The smallest absolute Gasteiger partial charge is 0.313 e. The molecule has 19 heavy (non-hydrogen) atoms. The van der Waals surface area contributed by atoms with Crippen LogP contribution in [0.4, 0.5) is 5.69 Å². The van der Waals surface area contributed by atoms with E-state index in [-0.39, 0.29) is 12.2 Å². The van der Waals surface area contributed by atoms with Gasteiger partial charge in [-0.25, -0.2) is 0 Å². The van der Waals surface area contributed by atoms with Crippen LogP contribution in [0.1, 0.15) is 16.8 Å². The van der Waals surface area contributed by atoms with Crippen LogP contribution in [0.15, 0.2) is 24.3 Å². The Kier molecular flexibility index (Phi) is 4.52. The molecule has 5 heteroatoms. The molecule has 0 spiro atoms.